The quantitative estimate of drug-likeness (QED) is 0.401. The molecular weight excluding hydrogens is 522 g/mol. The Hall–Kier alpha value is -3.33. The van der Waals surface area contributed by atoms with Gasteiger partial charge >= 0.3 is 0 Å². The zero-order valence-electron chi connectivity index (χ0n) is 23.7. The minimum atomic E-state index is -0.524. The van der Waals surface area contributed by atoms with Crippen molar-refractivity contribution in [2.45, 2.75) is 65.7 Å². The van der Waals surface area contributed by atoms with Gasteiger partial charge in [-0.3, -0.25) is 14.4 Å². The molecule has 40 heavy (non-hydrogen) atoms. The molecule has 1 N–H and O–H groups in total. The van der Waals surface area contributed by atoms with E-state index in [1.54, 1.807) is 23.6 Å². The van der Waals surface area contributed by atoms with E-state index in [-0.39, 0.29) is 23.1 Å². The van der Waals surface area contributed by atoms with E-state index < -0.39 is 5.41 Å². The molecule has 0 saturated carbocycles. The summed E-state index contributed by atoms with van der Waals surface area (Å²) in [6.07, 6.45) is 14.1. The van der Waals surface area contributed by atoms with Gasteiger partial charge in [0.1, 0.15) is 5.82 Å². The highest BCUT2D eigenvalue weighted by Gasteiger charge is 2.45. The van der Waals surface area contributed by atoms with E-state index in [0.717, 1.165) is 35.4 Å². The minimum absolute atomic E-state index is 0.000132. The number of hydrogen-bond acceptors (Lipinski definition) is 6. The van der Waals surface area contributed by atoms with E-state index in [0.29, 0.717) is 57.7 Å². The first kappa shape index (κ1) is 28.2. The number of aromatic nitrogens is 2. The van der Waals surface area contributed by atoms with Gasteiger partial charge in [0.2, 0.25) is 17.7 Å². The van der Waals surface area contributed by atoms with Crippen molar-refractivity contribution in [2.24, 2.45) is 10.8 Å². The number of carbonyl (C=O) groups is 3. The zero-order valence-corrected chi connectivity index (χ0v) is 24.6. The van der Waals surface area contributed by atoms with E-state index in [2.05, 4.69) is 42.1 Å². The number of fused-ring (bicyclic) bond motifs is 1. The molecule has 2 aromatic rings. The van der Waals surface area contributed by atoms with Crippen molar-refractivity contribution in [2.75, 3.05) is 31.5 Å². The maximum atomic E-state index is 13.1. The third-order valence-electron chi connectivity index (χ3n) is 8.29. The second-order valence-electron chi connectivity index (χ2n) is 12.5. The molecule has 3 aliphatic rings. The van der Waals surface area contributed by atoms with Crippen LogP contribution in [0, 0.1) is 10.8 Å². The molecule has 0 radical (unpaired) electrons. The number of anilines is 1. The van der Waals surface area contributed by atoms with Gasteiger partial charge in [-0.05, 0) is 60.8 Å². The van der Waals surface area contributed by atoms with Gasteiger partial charge in [0, 0.05) is 62.9 Å². The van der Waals surface area contributed by atoms with Crippen LogP contribution in [0.3, 0.4) is 0 Å². The Morgan fingerprint density at radius 1 is 1.15 bits per heavy atom. The normalized spacial score (nSPS) is 19.0. The highest BCUT2D eigenvalue weighted by Crippen LogP contribution is 2.41. The third kappa shape index (κ3) is 6.69. The number of amides is 3. The monoisotopic (exact) mass is 561 g/mol. The first-order valence-corrected chi connectivity index (χ1v) is 15.1. The SMILES string of the molecule is CC(C)(C)CCC(=O)N1CCC2(CC1)Cc1cc(/C=C/C(=O)N3CC=C(Cc4nccs4)CC3)cnc1NC2=O. The standard InChI is InChI=1S/C31H39N5O3S/c1-30(2,3)9-6-27(38)36-15-10-31(11-16-36)20-24-18-23(21-33-28(24)34-29(31)39)4-5-26(37)35-13-7-22(8-14-35)19-25-32-12-17-40-25/h4-5,7,12,17-18,21H,6,8-11,13-16,19-20H2,1-3H3,(H,33,34,39)/b5-4+. The summed E-state index contributed by atoms with van der Waals surface area (Å²) in [5.41, 5.74) is 2.75. The number of hydrogen-bond donors (Lipinski definition) is 1. The second-order valence-corrected chi connectivity index (χ2v) is 13.4. The lowest BCUT2D eigenvalue weighted by atomic mass is 9.71. The predicted molar refractivity (Wildman–Crippen MR) is 158 cm³/mol. The summed E-state index contributed by atoms with van der Waals surface area (Å²) in [5.74, 6) is 0.757. The van der Waals surface area contributed by atoms with Crippen LogP contribution in [0.5, 0.6) is 0 Å². The summed E-state index contributed by atoms with van der Waals surface area (Å²) in [6, 6.07) is 2.02. The minimum Gasteiger partial charge on any atom is -0.343 e. The summed E-state index contributed by atoms with van der Waals surface area (Å²) in [5, 5.41) is 6.11. The summed E-state index contributed by atoms with van der Waals surface area (Å²) >= 11 is 1.66. The molecule has 212 valence electrons. The lowest BCUT2D eigenvalue weighted by molar-refractivity contribution is -0.138. The van der Waals surface area contributed by atoms with Crippen molar-refractivity contribution >= 4 is 41.0 Å². The topological polar surface area (TPSA) is 95.5 Å². The van der Waals surface area contributed by atoms with Gasteiger partial charge in [-0.25, -0.2) is 9.97 Å². The van der Waals surface area contributed by atoms with Crippen LogP contribution in [0.25, 0.3) is 6.08 Å². The lowest BCUT2D eigenvalue weighted by Gasteiger charge is -2.43. The van der Waals surface area contributed by atoms with Crippen molar-refractivity contribution in [3.63, 3.8) is 0 Å². The summed E-state index contributed by atoms with van der Waals surface area (Å²) < 4.78 is 0. The van der Waals surface area contributed by atoms with E-state index in [4.69, 9.17) is 0 Å². The van der Waals surface area contributed by atoms with Crippen LogP contribution in [-0.2, 0) is 27.2 Å². The van der Waals surface area contributed by atoms with Gasteiger partial charge in [-0.15, -0.1) is 11.3 Å². The number of carbonyl (C=O) groups excluding carboxylic acids is 3. The van der Waals surface area contributed by atoms with Gasteiger partial charge in [0.25, 0.3) is 0 Å². The molecule has 3 amide bonds. The van der Waals surface area contributed by atoms with E-state index in [9.17, 15) is 14.4 Å². The van der Waals surface area contributed by atoms with Gasteiger partial charge in [-0.1, -0.05) is 32.4 Å². The number of likely N-dealkylation sites (tertiary alicyclic amines) is 1. The Bertz CT molecular complexity index is 1320. The van der Waals surface area contributed by atoms with Crippen molar-refractivity contribution < 1.29 is 14.4 Å². The molecule has 0 aromatic carbocycles. The first-order valence-electron chi connectivity index (χ1n) is 14.2. The Morgan fingerprint density at radius 2 is 1.95 bits per heavy atom. The van der Waals surface area contributed by atoms with Gasteiger partial charge in [0.05, 0.1) is 10.4 Å². The fourth-order valence-corrected chi connectivity index (χ4v) is 6.33. The Kier molecular flexibility index (Phi) is 8.21. The Morgan fingerprint density at radius 3 is 2.62 bits per heavy atom. The van der Waals surface area contributed by atoms with Crippen molar-refractivity contribution in [3.8, 4) is 0 Å². The van der Waals surface area contributed by atoms with Gasteiger partial charge < -0.3 is 15.1 Å². The molecule has 0 unspecified atom stereocenters. The first-order chi connectivity index (χ1) is 19.1. The number of piperidine rings is 1. The van der Waals surface area contributed by atoms with Gasteiger partial charge in [-0.2, -0.15) is 0 Å². The molecule has 1 spiro atoms. The van der Waals surface area contributed by atoms with Crippen molar-refractivity contribution in [3.05, 3.63) is 57.7 Å². The summed E-state index contributed by atoms with van der Waals surface area (Å²) in [7, 11) is 0. The molecule has 0 bridgehead atoms. The average molecular weight is 562 g/mol. The largest absolute Gasteiger partial charge is 0.343 e. The Labute approximate surface area is 240 Å². The number of thiazole rings is 1. The third-order valence-corrected chi connectivity index (χ3v) is 9.07. The molecule has 5 rings (SSSR count). The summed E-state index contributed by atoms with van der Waals surface area (Å²) in [6.45, 7) is 8.95. The van der Waals surface area contributed by atoms with Crippen LogP contribution < -0.4 is 5.32 Å². The van der Waals surface area contributed by atoms with Crippen LogP contribution in [-0.4, -0.2) is 63.7 Å². The molecule has 3 aliphatic heterocycles. The molecule has 1 saturated heterocycles. The predicted octanol–water partition coefficient (Wildman–Crippen LogP) is 4.88. The van der Waals surface area contributed by atoms with E-state index >= 15 is 0 Å². The molecule has 5 heterocycles. The zero-order chi connectivity index (χ0) is 28.3. The number of nitrogens with zero attached hydrogens (tertiary/aromatic N) is 4. The molecular formula is C31H39N5O3S. The summed E-state index contributed by atoms with van der Waals surface area (Å²) in [4.78, 5) is 51.3. The Balaban J connectivity index is 1.17. The molecule has 8 nitrogen and oxygen atoms in total. The molecule has 2 aromatic heterocycles. The van der Waals surface area contributed by atoms with E-state index in [1.807, 2.05) is 33.5 Å². The van der Waals surface area contributed by atoms with E-state index in [1.165, 1.54) is 5.57 Å². The number of nitrogens with one attached hydrogen (secondary N) is 1. The van der Waals surface area contributed by atoms with Crippen molar-refractivity contribution in [1.82, 2.24) is 19.8 Å². The molecule has 1 fully saturated rings. The maximum Gasteiger partial charge on any atom is 0.246 e. The van der Waals surface area contributed by atoms with Crippen LogP contribution in [0.15, 0.2) is 41.6 Å². The maximum absolute atomic E-state index is 13.1. The average Bonchev–Trinajstić information content (AvgIpc) is 3.44. The highest BCUT2D eigenvalue weighted by atomic mass is 32.1. The van der Waals surface area contributed by atoms with Crippen LogP contribution >= 0.6 is 11.3 Å². The van der Waals surface area contributed by atoms with Crippen LogP contribution in [0.2, 0.25) is 0 Å². The number of rotatable bonds is 6. The van der Waals surface area contributed by atoms with Crippen LogP contribution in [0.1, 0.15) is 69.0 Å². The van der Waals surface area contributed by atoms with Crippen molar-refractivity contribution in [1.29, 1.82) is 0 Å². The molecule has 0 aliphatic carbocycles. The lowest BCUT2D eigenvalue weighted by Crippen LogP contribution is -2.51. The second kappa shape index (κ2) is 11.6. The highest BCUT2D eigenvalue weighted by molar-refractivity contribution is 7.09. The molecule has 0 atom stereocenters. The van der Waals surface area contributed by atoms with Gasteiger partial charge in [0.15, 0.2) is 0 Å². The molecule has 9 heteroatoms. The number of pyridine rings is 1. The van der Waals surface area contributed by atoms with Crippen LogP contribution in [0.4, 0.5) is 5.82 Å². The smallest absolute Gasteiger partial charge is 0.246 e. The fraction of sp³-hybridized carbons (Fsp3) is 0.516. The fourth-order valence-electron chi connectivity index (χ4n) is 5.66.